The Morgan fingerprint density at radius 1 is 0.738 bits per heavy atom. The second kappa shape index (κ2) is 20.9. The number of hydrogen-bond donors (Lipinski definition) is 1. The van der Waals surface area contributed by atoms with Crippen LogP contribution in [0.5, 0.6) is 5.75 Å². The second-order valence-electron chi connectivity index (χ2n) is 15.9. The zero-order valence-corrected chi connectivity index (χ0v) is 36.9. The van der Waals surface area contributed by atoms with Gasteiger partial charge in [-0.25, -0.2) is 9.59 Å². The van der Waals surface area contributed by atoms with Gasteiger partial charge >= 0.3 is 12.1 Å². The number of nitrogens with one attached hydrogen (secondary N) is 1. The molecule has 0 bridgehead atoms. The number of hydrogen-bond acceptors (Lipinski definition) is 6. The first-order valence-electron chi connectivity index (χ1n) is 22.0. The molecule has 0 heterocycles. The highest BCUT2D eigenvalue weighted by atomic mass is 35.5. The molecule has 9 nitrogen and oxygen atoms in total. The van der Waals surface area contributed by atoms with Crippen molar-refractivity contribution in [1.82, 2.24) is 5.32 Å². The highest BCUT2D eigenvalue weighted by Crippen LogP contribution is 2.45. The van der Waals surface area contributed by atoms with Crippen LogP contribution in [0, 0.1) is 0 Å². The average molecular weight is 881 g/mol. The van der Waals surface area contributed by atoms with E-state index in [-0.39, 0.29) is 18.9 Å². The number of amides is 1. The van der Waals surface area contributed by atoms with Crippen molar-refractivity contribution in [2.24, 2.45) is 5.11 Å². The van der Waals surface area contributed by atoms with Crippen LogP contribution in [0.2, 0.25) is 5.02 Å². The number of halogens is 1. The third kappa shape index (κ3) is 9.92. The average Bonchev–Trinajstić information content (AvgIpc) is 3.67. The summed E-state index contributed by atoms with van der Waals surface area (Å²) in [7, 11) is 0. The van der Waals surface area contributed by atoms with Crippen LogP contribution < -0.4 is 10.1 Å². The van der Waals surface area contributed by atoms with Gasteiger partial charge in [0, 0.05) is 45.5 Å². The van der Waals surface area contributed by atoms with Crippen molar-refractivity contribution in [2.45, 2.75) is 50.2 Å². The number of rotatable bonds is 18. The summed E-state index contributed by atoms with van der Waals surface area (Å²) in [6, 6.07) is 55.6. The first-order chi connectivity index (χ1) is 31.9. The van der Waals surface area contributed by atoms with Crippen molar-refractivity contribution in [1.29, 1.82) is 0 Å². The number of nitrogens with zero attached hydrogens (tertiary/aromatic N) is 3. The van der Waals surface area contributed by atoms with Crippen molar-refractivity contribution >= 4 is 23.7 Å². The van der Waals surface area contributed by atoms with Gasteiger partial charge < -0.3 is 19.5 Å². The zero-order valence-electron chi connectivity index (χ0n) is 36.1. The highest BCUT2D eigenvalue weighted by Gasteiger charge is 2.44. The van der Waals surface area contributed by atoms with Gasteiger partial charge in [-0.3, -0.25) is 0 Å². The third-order valence-corrected chi connectivity index (χ3v) is 12.3. The standard InChI is InChI=1S/C55H49ClN4O5/c1-2-39-36-43(63-34-16-15-33-58-60-57)31-32-44(39)40-29-27-38(28-30-40)35-52(59-54(62)64-37-49-47-23-11-9-21-45(47)46-22-10-12-24-48(46)49)53(61)65-55(41-17-5-3-6-18-41,42-19-7-4-8-20-42)50-25-13-14-26-51(50)56/h3-14,17-32,36,49,52H,2,15-16,33-35,37H2,1H3,(H,59,62)/t52-/m0/s1. The Morgan fingerprint density at radius 3 is 1.98 bits per heavy atom. The van der Waals surface area contributed by atoms with Crippen LogP contribution >= 0.6 is 11.6 Å². The molecule has 326 valence electrons. The van der Waals surface area contributed by atoms with Crippen LogP contribution in [-0.2, 0) is 32.7 Å². The molecule has 0 saturated heterocycles. The first-order valence-corrected chi connectivity index (χ1v) is 22.3. The van der Waals surface area contributed by atoms with E-state index in [0.717, 1.165) is 69.5 Å². The van der Waals surface area contributed by atoms with E-state index in [2.05, 4.69) is 58.7 Å². The van der Waals surface area contributed by atoms with Gasteiger partial charge in [0.25, 0.3) is 0 Å². The predicted molar refractivity (Wildman–Crippen MR) is 256 cm³/mol. The molecule has 0 fully saturated rings. The molecule has 10 heteroatoms. The molecule has 1 N–H and O–H groups in total. The molecule has 0 aliphatic heterocycles. The van der Waals surface area contributed by atoms with Gasteiger partial charge in [0.05, 0.1) is 6.61 Å². The van der Waals surface area contributed by atoms with Gasteiger partial charge in [0.15, 0.2) is 5.60 Å². The van der Waals surface area contributed by atoms with Crippen molar-refractivity contribution < 1.29 is 23.8 Å². The molecule has 0 saturated carbocycles. The second-order valence-corrected chi connectivity index (χ2v) is 16.3. The van der Waals surface area contributed by atoms with E-state index in [4.69, 9.17) is 31.3 Å². The summed E-state index contributed by atoms with van der Waals surface area (Å²) in [5.74, 6) is -0.0541. The smallest absolute Gasteiger partial charge is 0.407 e. The molecule has 0 unspecified atom stereocenters. The minimum Gasteiger partial charge on any atom is -0.494 e. The van der Waals surface area contributed by atoms with Crippen molar-refractivity contribution in [3.63, 3.8) is 0 Å². The number of aryl methyl sites for hydroxylation is 1. The lowest BCUT2D eigenvalue weighted by atomic mass is 9.80. The summed E-state index contributed by atoms with van der Waals surface area (Å²) >= 11 is 7.00. The molecule has 1 aliphatic rings. The van der Waals surface area contributed by atoms with E-state index < -0.39 is 23.7 Å². The fraction of sp³-hybridized carbons (Fsp3) is 0.200. The fourth-order valence-electron chi connectivity index (χ4n) is 8.75. The highest BCUT2D eigenvalue weighted by molar-refractivity contribution is 6.31. The summed E-state index contributed by atoms with van der Waals surface area (Å²) in [5.41, 5.74) is 17.4. The van der Waals surface area contributed by atoms with Gasteiger partial charge in [0.2, 0.25) is 0 Å². The lowest BCUT2D eigenvalue weighted by Crippen LogP contribution is -2.47. The van der Waals surface area contributed by atoms with E-state index in [1.807, 2.05) is 133 Å². The molecule has 1 aliphatic carbocycles. The molecule has 65 heavy (non-hydrogen) atoms. The van der Waals surface area contributed by atoms with Gasteiger partial charge in [-0.05, 0) is 87.5 Å². The van der Waals surface area contributed by atoms with Gasteiger partial charge in [-0.2, -0.15) is 0 Å². The van der Waals surface area contributed by atoms with Crippen LogP contribution in [0.25, 0.3) is 32.7 Å². The van der Waals surface area contributed by atoms with Gasteiger partial charge in [-0.15, -0.1) is 0 Å². The Balaban J connectivity index is 1.09. The van der Waals surface area contributed by atoms with Crippen LogP contribution in [0.3, 0.4) is 0 Å². The summed E-state index contributed by atoms with van der Waals surface area (Å²) in [4.78, 5) is 31.9. The van der Waals surface area contributed by atoms with Crippen LogP contribution in [-0.4, -0.2) is 37.9 Å². The van der Waals surface area contributed by atoms with E-state index in [9.17, 15) is 4.79 Å². The van der Waals surface area contributed by atoms with Crippen molar-refractivity contribution in [3.05, 3.63) is 230 Å². The zero-order chi connectivity index (χ0) is 45.0. The quantitative estimate of drug-likeness (QED) is 0.0230. The molecule has 8 rings (SSSR count). The Bertz CT molecular complexity index is 2710. The number of carbonyl (C=O) groups excluding carboxylic acids is 2. The van der Waals surface area contributed by atoms with E-state index in [1.54, 1.807) is 6.07 Å². The Morgan fingerprint density at radius 2 is 1.35 bits per heavy atom. The fourth-order valence-corrected chi connectivity index (χ4v) is 9.02. The van der Waals surface area contributed by atoms with Crippen molar-refractivity contribution in [2.75, 3.05) is 19.8 Å². The van der Waals surface area contributed by atoms with Gasteiger partial charge in [-0.1, -0.05) is 181 Å². The molecule has 7 aromatic carbocycles. The topological polar surface area (TPSA) is 123 Å². The summed E-state index contributed by atoms with van der Waals surface area (Å²) < 4.78 is 18.9. The van der Waals surface area contributed by atoms with Crippen LogP contribution in [0.15, 0.2) is 181 Å². The third-order valence-electron chi connectivity index (χ3n) is 11.9. The van der Waals surface area contributed by atoms with E-state index >= 15 is 4.79 Å². The number of alkyl carbamates (subject to hydrolysis) is 1. The van der Waals surface area contributed by atoms with E-state index in [0.29, 0.717) is 34.9 Å². The number of benzene rings is 7. The number of fused-ring (bicyclic) bond motifs is 3. The minimum absolute atomic E-state index is 0.0783. The molecule has 0 spiro atoms. The van der Waals surface area contributed by atoms with E-state index in [1.165, 1.54) is 0 Å². The normalized spacial score (nSPS) is 12.3. The maximum absolute atomic E-state index is 15.1. The summed E-state index contributed by atoms with van der Waals surface area (Å²) in [6.45, 7) is 3.17. The molecular formula is C55H49ClN4O5. The summed E-state index contributed by atoms with van der Waals surface area (Å²) in [5, 5.41) is 6.93. The number of unbranched alkanes of at least 4 members (excludes halogenated alkanes) is 1. The molecule has 1 atom stereocenters. The Labute approximate surface area is 384 Å². The van der Waals surface area contributed by atoms with Gasteiger partial charge in [0.1, 0.15) is 18.4 Å². The molecule has 0 radical (unpaired) electrons. The summed E-state index contributed by atoms with van der Waals surface area (Å²) in [6.07, 6.45) is 1.71. The van der Waals surface area contributed by atoms with Crippen molar-refractivity contribution in [3.8, 4) is 28.0 Å². The molecular weight excluding hydrogens is 832 g/mol. The number of azide groups is 1. The predicted octanol–water partition coefficient (Wildman–Crippen LogP) is 13.0. The minimum atomic E-state index is -1.48. The SMILES string of the molecule is CCc1cc(OCCCCN=[N+]=[N-])ccc1-c1ccc(C[C@H](NC(=O)OCC2c3ccccc3-c3ccccc32)C(=O)OC(c2ccccc2)(c2ccccc2)c2ccccc2Cl)cc1. The number of ether oxygens (including phenoxy) is 3. The lowest BCUT2D eigenvalue weighted by molar-refractivity contribution is -0.156. The Kier molecular flexibility index (Phi) is 14.2. The lowest BCUT2D eigenvalue weighted by Gasteiger charge is -2.37. The Hall–Kier alpha value is -7.32. The maximum Gasteiger partial charge on any atom is 0.407 e. The monoisotopic (exact) mass is 880 g/mol. The molecule has 0 aromatic heterocycles. The van der Waals surface area contributed by atoms with Crippen LogP contribution in [0.1, 0.15) is 64.6 Å². The first kappa shape index (κ1) is 44.3. The molecule has 7 aromatic rings. The number of carbonyl (C=O) groups is 2. The molecule has 1 amide bonds. The maximum atomic E-state index is 15.1. The van der Waals surface area contributed by atoms with Crippen LogP contribution in [0.4, 0.5) is 4.79 Å². The number of esters is 1. The largest absolute Gasteiger partial charge is 0.494 e.